The number of nitrogens with zero attached hydrogens (tertiary/aromatic N) is 4. The summed E-state index contributed by atoms with van der Waals surface area (Å²) in [6.45, 7) is 1.89. The summed E-state index contributed by atoms with van der Waals surface area (Å²) >= 11 is 1.42. The predicted molar refractivity (Wildman–Crippen MR) is 111 cm³/mol. The molecule has 0 aliphatic rings. The summed E-state index contributed by atoms with van der Waals surface area (Å²) in [7, 11) is 0. The van der Waals surface area contributed by atoms with E-state index in [4.69, 9.17) is 4.98 Å². The smallest absolute Gasteiger partial charge is 0.267 e. The maximum atomic E-state index is 13.2. The molecule has 2 aromatic carbocycles. The van der Waals surface area contributed by atoms with Gasteiger partial charge in [0.15, 0.2) is 5.16 Å². The van der Waals surface area contributed by atoms with Crippen LogP contribution in [0.25, 0.3) is 16.7 Å². The third-order valence-corrected chi connectivity index (χ3v) is 5.33. The molecule has 0 N–H and O–H groups in total. The number of rotatable bonds is 4. The molecule has 2 aromatic heterocycles. The topological polar surface area (TPSA) is 71.6 Å². The number of aromatic nitrogens is 3. The van der Waals surface area contributed by atoms with Gasteiger partial charge >= 0.3 is 0 Å². The van der Waals surface area contributed by atoms with Crippen LogP contribution in [0.2, 0.25) is 0 Å². The Morgan fingerprint density at radius 3 is 2.61 bits per heavy atom. The Kier molecular flexibility index (Phi) is 4.92. The van der Waals surface area contributed by atoms with Crippen LogP contribution in [0.5, 0.6) is 0 Å². The van der Waals surface area contributed by atoms with E-state index in [1.165, 1.54) is 11.8 Å². The fourth-order valence-electron chi connectivity index (χ4n) is 2.96. The van der Waals surface area contributed by atoms with Crippen LogP contribution in [0.4, 0.5) is 0 Å². The first-order valence-corrected chi connectivity index (χ1v) is 9.72. The van der Waals surface area contributed by atoms with E-state index in [0.29, 0.717) is 33.2 Å². The van der Waals surface area contributed by atoms with E-state index in [2.05, 4.69) is 11.1 Å². The highest BCUT2D eigenvalue weighted by Crippen LogP contribution is 2.25. The van der Waals surface area contributed by atoms with E-state index >= 15 is 0 Å². The number of pyridine rings is 1. The molecule has 0 bridgehead atoms. The average molecular weight is 384 g/mol. The van der Waals surface area contributed by atoms with E-state index < -0.39 is 0 Å². The van der Waals surface area contributed by atoms with Gasteiger partial charge in [-0.2, -0.15) is 5.26 Å². The van der Waals surface area contributed by atoms with Crippen molar-refractivity contribution in [3.63, 3.8) is 0 Å². The van der Waals surface area contributed by atoms with Crippen molar-refractivity contribution in [1.29, 1.82) is 5.26 Å². The van der Waals surface area contributed by atoms with Crippen LogP contribution in [0, 0.1) is 18.3 Å². The van der Waals surface area contributed by atoms with Crippen LogP contribution in [-0.2, 0) is 5.75 Å². The monoisotopic (exact) mass is 384 g/mol. The molecule has 0 saturated heterocycles. The molecule has 0 aliphatic carbocycles. The third kappa shape index (κ3) is 3.40. The lowest BCUT2D eigenvalue weighted by Crippen LogP contribution is -2.22. The van der Waals surface area contributed by atoms with Crippen LogP contribution in [0.15, 0.2) is 76.7 Å². The van der Waals surface area contributed by atoms with Gasteiger partial charge in [-0.15, -0.1) is 0 Å². The fourth-order valence-corrected chi connectivity index (χ4v) is 3.97. The summed E-state index contributed by atoms with van der Waals surface area (Å²) in [6.07, 6.45) is 0. The Bertz CT molecular complexity index is 1270. The molecule has 0 amide bonds. The lowest BCUT2D eigenvalue weighted by Gasteiger charge is -2.13. The second kappa shape index (κ2) is 7.67. The summed E-state index contributed by atoms with van der Waals surface area (Å²) in [5.41, 5.74) is 2.84. The fraction of sp³-hybridized carbons (Fsp3) is 0.0909. The van der Waals surface area contributed by atoms with Gasteiger partial charge in [0, 0.05) is 11.4 Å². The minimum atomic E-state index is -0.153. The van der Waals surface area contributed by atoms with Gasteiger partial charge in [-0.25, -0.2) is 14.5 Å². The molecule has 0 unspecified atom stereocenters. The standard InChI is InChI=1S/C22H16N4OS/c1-15-7-6-12-20(24-15)26-21(27)18-10-4-5-11-19(18)25-22(26)28-14-17-9-3-2-8-16(17)13-23/h2-12H,14H2,1H3. The molecule has 5 nitrogen and oxygen atoms in total. The van der Waals surface area contributed by atoms with Gasteiger partial charge in [-0.3, -0.25) is 4.79 Å². The molecule has 0 radical (unpaired) electrons. The van der Waals surface area contributed by atoms with Gasteiger partial charge < -0.3 is 0 Å². The number of hydrogen-bond acceptors (Lipinski definition) is 5. The molecule has 4 rings (SSSR count). The highest BCUT2D eigenvalue weighted by Gasteiger charge is 2.15. The van der Waals surface area contributed by atoms with Crippen LogP contribution < -0.4 is 5.56 Å². The molecule has 0 fully saturated rings. The first-order valence-electron chi connectivity index (χ1n) is 8.74. The van der Waals surface area contributed by atoms with Crippen molar-refractivity contribution in [2.75, 3.05) is 0 Å². The van der Waals surface area contributed by atoms with Gasteiger partial charge in [0.1, 0.15) is 5.82 Å². The molecule has 0 saturated carbocycles. The van der Waals surface area contributed by atoms with Crippen LogP contribution in [0.1, 0.15) is 16.8 Å². The molecule has 6 heteroatoms. The van der Waals surface area contributed by atoms with Crippen molar-refractivity contribution >= 4 is 22.7 Å². The van der Waals surface area contributed by atoms with E-state index in [9.17, 15) is 10.1 Å². The minimum Gasteiger partial charge on any atom is -0.268 e. The lowest BCUT2D eigenvalue weighted by atomic mass is 10.1. The predicted octanol–water partition coefficient (Wildman–Crippen LogP) is 4.25. The number of aryl methyl sites for hydroxylation is 1. The van der Waals surface area contributed by atoms with E-state index in [-0.39, 0.29) is 5.56 Å². The molecule has 136 valence electrons. The van der Waals surface area contributed by atoms with E-state index in [1.807, 2.05) is 55.5 Å². The quantitative estimate of drug-likeness (QED) is 0.388. The number of nitriles is 1. The van der Waals surface area contributed by atoms with Crippen LogP contribution in [-0.4, -0.2) is 14.5 Å². The Morgan fingerprint density at radius 1 is 1.00 bits per heavy atom. The van der Waals surface area contributed by atoms with Gasteiger partial charge in [0.25, 0.3) is 5.56 Å². The minimum absolute atomic E-state index is 0.153. The Morgan fingerprint density at radius 2 is 1.79 bits per heavy atom. The highest BCUT2D eigenvalue weighted by molar-refractivity contribution is 7.98. The van der Waals surface area contributed by atoms with E-state index in [1.54, 1.807) is 22.8 Å². The number of fused-ring (bicyclic) bond motifs is 1. The first-order chi connectivity index (χ1) is 13.7. The van der Waals surface area contributed by atoms with Crippen molar-refractivity contribution in [2.45, 2.75) is 17.8 Å². The summed E-state index contributed by atoms with van der Waals surface area (Å²) in [6, 6.07) is 22.5. The number of thioether (sulfide) groups is 1. The zero-order chi connectivity index (χ0) is 19.5. The average Bonchev–Trinajstić information content (AvgIpc) is 2.72. The lowest BCUT2D eigenvalue weighted by molar-refractivity contribution is 0.791. The second-order valence-corrected chi connectivity index (χ2v) is 7.19. The molecular weight excluding hydrogens is 368 g/mol. The van der Waals surface area contributed by atoms with Crippen molar-refractivity contribution in [3.05, 3.63) is 93.9 Å². The molecule has 0 aliphatic heterocycles. The van der Waals surface area contributed by atoms with Crippen LogP contribution >= 0.6 is 11.8 Å². The zero-order valence-electron chi connectivity index (χ0n) is 15.2. The summed E-state index contributed by atoms with van der Waals surface area (Å²) in [5, 5.41) is 10.4. The van der Waals surface area contributed by atoms with Crippen molar-refractivity contribution in [1.82, 2.24) is 14.5 Å². The molecule has 4 aromatic rings. The van der Waals surface area contributed by atoms with Crippen molar-refractivity contribution in [2.24, 2.45) is 0 Å². The summed E-state index contributed by atoms with van der Waals surface area (Å²) in [4.78, 5) is 22.4. The summed E-state index contributed by atoms with van der Waals surface area (Å²) in [5.74, 6) is 1.07. The van der Waals surface area contributed by atoms with Crippen LogP contribution in [0.3, 0.4) is 0 Å². The number of benzene rings is 2. The van der Waals surface area contributed by atoms with Gasteiger partial charge in [-0.1, -0.05) is 48.2 Å². The van der Waals surface area contributed by atoms with Gasteiger partial charge in [-0.05, 0) is 42.8 Å². The van der Waals surface area contributed by atoms with E-state index in [0.717, 1.165) is 11.3 Å². The Balaban J connectivity index is 1.86. The Labute approximate surface area is 166 Å². The maximum absolute atomic E-state index is 13.2. The normalized spacial score (nSPS) is 10.7. The van der Waals surface area contributed by atoms with Crippen molar-refractivity contribution in [3.8, 4) is 11.9 Å². The zero-order valence-corrected chi connectivity index (χ0v) is 16.0. The van der Waals surface area contributed by atoms with Crippen molar-refractivity contribution < 1.29 is 0 Å². The Hall–Kier alpha value is -3.43. The molecule has 0 atom stereocenters. The molecule has 28 heavy (non-hydrogen) atoms. The first kappa shape index (κ1) is 18.0. The largest absolute Gasteiger partial charge is 0.268 e. The summed E-state index contributed by atoms with van der Waals surface area (Å²) < 4.78 is 1.55. The third-order valence-electron chi connectivity index (χ3n) is 4.34. The van der Waals surface area contributed by atoms with Gasteiger partial charge in [0.05, 0.1) is 22.5 Å². The van der Waals surface area contributed by atoms with Gasteiger partial charge in [0.2, 0.25) is 0 Å². The second-order valence-electron chi connectivity index (χ2n) is 6.25. The highest BCUT2D eigenvalue weighted by atomic mass is 32.2. The SMILES string of the molecule is Cc1cccc(-n2c(SCc3ccccc3C#N)nc3ccccc3c2=O)n1. The number of hydrogen-bond donors (Lipinski definition) is 0. The molecular formula is C22H16N4OS. The number of para-hydroxylation sites is 1. The molecule has 2 heterocycles. The maximum Gasteiger partial charge on any atom is 0.267 e. The molecule has 0 spiro atoms.